The molecule has 0 saturated carbocycles. The van der Waals surface area contributed by atoms with Crippen LogP contribution in [-0.4, -0.2) is 64.0 Å². The lowest BCUT2D eigenvalue weighted by Crippen LogP contribution is -2.21. The zero-order valence-corrected chi connectivity index (χ0v) is 23.1. The van der Waals surface area contributed by atoms with Crippen LogP contribution >= 0.6 is 22.9 Å². The number of benzene rings is 2. The van der Waals surface area contributed by atoms with Crippen molar-refractivity contribution < 1.29 is 23.1 Å². The van der Waals surface area contributed by atoms with Crippen molar-refractivity contribution in [2.45, 2.75) is 12.7 Å². The number of anilines is 1. The molecule has 0 fully saturated rings. The number of hydrogen-bond donors (Lipinski definition) is 2. The summed E-state index contributed by atoms with van der Waals surface area (Å²) in [5.74, 6) is -1.88. The first-order chi connectivity index (χ1) is 18.9. The molecule has 0 atom stereocenters. The van der Waals surface area contributed by atoms with Gasteiger partial charge in [-0.25, -0.2) is 14.8 Å². The Bertz CT molecular complexity index is 1730. The van der Waals surface area contributed by atoms with Crippen LogP contribution in [0.1, 0.15) is 0 Å². The Kier molecular flexibility index (Phi) is 8.47. The average molecular weight is 593 g/mol. The molecule has 3 aromatic heterocycles. The summed E-state index contributed by atoms with van der Waals surface area (Å²) in [5, 5.41) is 11.0. The standard InChI is InChI=1S/C24H23ClN6OS.C2HF3O2/c1-26-10-11-30-20-9-8-17(12-18(20)28-24(30)29(2)3)31-14-27-19-13-21(33-22(19)23(31)32)15-4-6-16(25)7-5-15;3-2(4,5)1(6)7/h4-9,12-14,26H,10-11H2,1-3H3;(H,6,7). The van der Waals surface area contributed by atoms with E-state index < -0.39 is 12.1 Å². The first kappa shape index (κ1) is 29.1. The van der Waals surface area contributed by atoms with E-state index in [2.05, 4.69) is 14.9 Å². The molecule has 14 heteroatoms. The fourth-order valence-electron chi connectivity index (χ4n) is 3.89. The van der Waals surface area contributed by atoms with Crippen LogP contribution in [0.4, 0.5) is 19.1 Å². The zero-order valence-electron chi connectivity index (χ0n) is 21.5. The predicted octanol–water partition coefficient (Wildman–Crippen LogP) is 5.04. The van der Waals surface area contributed by atoms with E-state index in [0.29, 0.717) is 15.2 Å². The number of hydrogen-bond acceptors (Lipinski definition) is 7. The highest BCUT2D eigenvalue weighted by atomic mass is 35.5. The number of halogens is 4. The largest absolute Gasteiger partial charge is 0.490 e. The van der Waals surface area contributed by atoms with E-state index in [4.69, 9.17) is 26.5 Å². The van der Waals surface area contributed by atoms with E-state index in [1.165, 1.54) is 11.3 Å². The topological polar surface area (TPSA) is 105 Å². The fraction of sp³-hybridized carbons (Fsp3) is 0.231. The summed E-state index contributed by atoms with van der Waals surface area (Å²) in [5.41, 5.74) is 4.23. The summed E-state index contributed by atoms with van der Waals surface area (Å²) in [6.07, 6.45) is -3.49. The van der Waals surface area contributed by atoms with Gasteiger partial charge in [0.05, 0.1) is 22.2 Å². The number of aromatic nitrogens is 4. The molecule has 2 aromatic carbocycles. The number of carboxylic acids is 1. The molecule has 2 N–H and O–H groups in total. The van der Waals surface area contributed by atoms with Crippen molar-refractivity contribution in [3.63, 3.8) is 0 Å². The maximum Gasteiger partial charge on any atom is 0.490 e. The van der Waals surface area contributed by atoms with Crippen molar-refractivity contribution in [3.8, 4) is 16.1 Å². The molecule has 0 aliphatic heterocycles. The van der Waals surface area contributed by atoms with Gasteiger partial charge in [0.15, 0.2) is 0 Å². The van der Waals surface area contributed by atoms with E-state index in [1.807, 2.05) is 74.6 Å². The monoisotopic (exact) mass is 592 g/mol. The summed E-state index contributed by atoms with van der Waals surface area (Å²) in [6.45, 7) is 1.64. The molecule has 0 aliphatic carbocycles. The van der Waals surface area contributed by atoms with Gasteiger partial charge in [-0.15, -0.1) is 11.3 Å². The molecule has 3 heterocycles. The third-order valence-electron chi connectivity index (χ3n) is 5.78. The number of likely N-dealkylation sites (N-methyl/N-ethyl adjacent to an activating group) is 1. The molecule has 0 aliphatic rings. The quantitative estimate of drug-likeness (QED) is 0.285. The number of carbonyl (C=O) groups is 1. The minimum Gasteiger partial charge on any atom is -0.475 e. The van der Waals surface area contributed by atoms with Gasteiger partial charge >= 0.3 is 12.1 Å². The van der Waals surface area contributed by atoms with Gasteiger partial charge in [0.25, 0.3) is 5.56 Å². The van der Waals surface area contributed by atoms with Crippen LogP contribution < -0.4 is 15.8 Å². The molecule has 0 bridgehead atoms. The van der Waals surface area contributed by atoms with E-state index in [1.54, 1.807) is 10.9 Å². The second kappa shape index (κ2) is 11.7. The van der Waals surface area contributed by atoms with Gasteiger partial charge < -0.3 is 19.9 Å². The number of thiophene rings is 1. The van der Waals surface area contributed by atoms with E-state index in [0.717, 1.165) is 46.2 Å². The van der Waals surface area contributed by atoms with Crippen molar-refractivity contribution in [1.29, 1.82) is 0 Å². The van der Waals surface area contributed by atoms with E-state index in [-0.39, 0.29) is 5.56 Å². The molecule has 0 unspecified atom stereocenters. The van der Waals surface area contributed by atoms with Gasteiger partial charge in [-0.05, 0) is 49.0 Å². The molecular weight excluding hydrogens is 569 g/mol. The van der Waals surface area contributed by atoms with Crippen LogP contribution in [0.5, 0.6) is 0 Å². The third kappa shape index (κ3) is 6.11. The number of aliphatic carboxylic acids is 1. The SMILES string of the molecule is CNCCn1c(N(C)C)nc2cc(-n3cnc4cc(-c5ccc(Cl)cc5)sc4c3=O)ccc21.O=C(O)C(F)(F)F. The number of nitrogens with zero attached hydrogens (tertiary/aromatic N) is 5. The number of rotatable bonds is 6. The van der Waals surface area contributed by atoms with Gasteiger partial charge in [0.2, 0.25) is 5.95 Å². The lowest BCUT2D eigenvalue weighted by atomic mass is 10.2. The molecule has 0 radical (unpaired) electrons. The van der Waals surface area contributed by atoms with Crippen molar-refractivity contribution in [2.75, 3.05) is 32.6 Å². The predicted molar refractivity (Wildman–Crippen MR) is 151 cm³/mol. The lowest BCUT2D eigenvalue weighted by Gasteiger charge is -2.14. The van der Waals surface area contributed by atoms with Gasteiger partial charge in [-0.1, -0.05) is 23.7 Å². The second-order valence-electron chi connectivity index (χ2n) is 8.79. The van der Waals surface area contributed by atoms with Crippen LogP contribution in [-0.2, 0) is 11.3 Å². The molecule has 9 nitrogen and oxygen atoms in total. The Balaban J connectivity index is 0.000000470. The maximum absolute atomic E-state index is 13.4. The molecule has 0 saturated heterocycles. The lowest BCUT2D eigenvalue weighted by molar-refractivity contribution is -0.192. The van der Waals surface area contributed by atoms with E-state index in [9.17, 15) is 18.0 Å². The molecule has 5 rings (SSSR count). The second-order valence-corrected chi connectivity index (χ2v) is 10.3. The number of imidazole rings is 1. The summed E-state index contributed by atoms with van der Waals surface area (Å²) in [6, 6.07) is 15.5. The van der Waals surface area contributed by atoms with Gasteiger partial charge in [-0.3, -0.25) is 9.36 Å². The highest BCUT2D eigenvalue weighted by Gasteiger charge is 2.38. The molecule has 0 spiro atoms. The number of fused-ring (bicyclic) bond motifs is 2. The molecule has 5 aromatic rings. The van der Waals surface area contributed by atoms with Crippen LogP contribution in [0.25, 0.3) is 37.4 Å². The number of nitrogens with one attached hydrogen (secondary N) is 1. The highest BCUT2D eigenvalue weighted by Crippen LogP contribution is 2.32. The minimum atomic E-state index is -5.08. The van der Waals surface area contributed by atoms with Crippen LogP contribution in [0.3, 0.4) is 0 Å². The van der Waals surface area contributed by atoms with Crippen molar-refractivity contribution in [1.82, 2.24) is 24.4 Å². The third-order valence-corrected chi connectivity index (χ3v) is 7.20. The van der Waals surface area contributed by atoms with Crippen LogP contribution in [0.15, 0.2) is 59.7 Å². The smallest absolute Gasteiger partial charge is 0.475 e. The van der Waals surface area contributed by atoms with Gasteiger partial charge in [-0.2, -0.15) is 13.2 Å². The van der Waals surface area contributed by atoms with Crippen LogP contribution in [0.2, 0.25) is 5.02 Å². The Morgan fingerprint density at radius 1 is 1.12 bits per heavy atom. The van der Waals surface area contributed by atoms with Gasteiger partial charge in [0.1, 0.15) is 11.0 Å². The fourth-order valence-corrected chi connectivity index (χ4v) is 5.07. The Morgan fingerprint density at radius 3 is 2.40 bits per heavy atom. The molecule has 0 amide bonds. The summed E-state index contributed by atoms with van der Waals surface area (Å²) in [7, 11) is 5.90. The number of carboxylic acid groups (broad SMARTS) is 1. The highest BCUT2D eigenvalue weighted by molar-refractivity contribution is 7.22. The maximum atomic E-state index is 13.4. The molecular formula is C26H24ClF3N6O3S. The minimum absolute atomic E-state index is 0.0907. The summed E-state index contributed by atoms with van der Waals surface area (Å²) in [4.78, 5) is 34.6. The molecule has 40 heavy (non-hydrogen) atoms. The normalized spacial score (nSPS) is 11.5. The first-order valence-electron chi connectivity index (χ1n) is 11.8. The van der Waals surface area contributed by atoms with Crippen LogP contribution in [0, 0.1) is 0 Å². The zero-order chi connectivity index (χ0) is 29.2. The average Bonchev–Trinajstić information content (AvgIpc) is 3.50. The number of alkyl halides is 3. The Hall–Kier alpha value is -3.94. The van der Waals surface area contributed by atoms with Gasteiger partial charge in [0, 0.05) is 37.1 Å². The first-order valence-corrected chi connectivity index (χ1v) is 13.0. The van der Waals surface area contributed by atoms with Crippen molar-refractivity contribution in [3.05, 3.63) is 70.2 Å². The van der Waals surface area contributed by atoms with E-state index >= 15 is 0 Å². The van der Waals surface area contributed by atoms with Crippen molar-refractivity contribution >= 4 is 56.1 Å². The summed E-state index contributed by atoms with van der Waals surface area (Å²) >= 11 is 7.45. The Labute approximate surface area is 235 Å². The molecule has 210 valence electrons. The summed E-state index contributed by atoms with van der Waals surface area (Å²) < 4.78 is 36.1. The van der Waals surface area contributed by atoms with Crippen molar-refractivity contribution in [2.24, 2.45) is 0 Å². The Morgan fingerprint density at radius 2 is 1.80 bits per heavy atom.